The molecule has 1 aliphatic rings. The van der Waals surface area contributed by atoms with Gasteiger partial charge >= 0.3 is 0 Å². The molecule has 1 saturated heterocycles. The van der Waals surface area contributed by atoms with E-state index < -0.39 is 0 Å². The molecule has 0 aliphatic carbocycles. The Bertz CT molecular complexity index is 766. The van der Waals surface area contributed by atoms with Crippen molar-refractivity contribution in [3.63, 3.8) is 0 Å². The lowest BCUT2D eigenvalue weighted by atomic mass is 10.1. The van der Waals surface area contributed by atoms with Crippen molar-refractivity contribution >= 4 is 23.3 Å². The minimum atomic E-state index is -0.241. The maximum Gasteiger partial charge on any atom is 0.257 e. The number of hydrogen-bond acceptors (Lipinski definition) is 5. The number of nitrogens with zero attached hydrogens (tertiary/aromatic N) is 3. The second-order valence-electron chi connectivity index (χ2n) is 6.24. The van der Waals surface area contributed by atoms with Crippen molar-refractivity contribution in [3.8, 4) is 0 Å². The lowest BCUT2D eigenvalue weighted by molar-refractivity contribution is 0.0303. The Morgan fingerprint density at radius 1 is 1.04 bits per heavy atom. The van der Waals surface area contributed by atoms with Gasteiger partial charge in [-0.25, -0.2) is 4.98 Å². The average molecular weight is 354 g/mol. The molecule has 0 saturated carbocycles. The van der Waals surface area contributed by atoms with Crippen LogP contribution < -0.4 is 10.2 Å². The smallest absolute Gasteiger partial charge is 0.257 e. The number of carbonyl (C=O) groups excluding carboxylic acids is 2. The van der Waals surface area contributed by atoms with Crippen LogP contribution in [-0.4, -0.2) is 62.1 Å². The molecule has 1 aromatic heterocycles. The van der Waals surface area contributed by atoms with Crippen LogP contribution in [0, 0.1) is 0 Å². The van der Waals surface area contributed by atoms with Crippen LogP contribution in [0.2, 0.25) is 0 Å². The first-order chi connectivity index (χ1) is 12.5. The molecule has 1 aromatic carbocycles. The van der Waals surface area contributed by atoms with Crippen molar-refractivity contribution in [2.45, 2.75) is 0 Å². The van der Waals surface area contributed by atoms with E-state index in [1.165, 1.54) is 0 Å². The number of nitrogens with one attached hydrogen (secondary N) is 1. The summed E-state index contributed by atoms with van der Waals surface area (Å²) in [6, 6.07) is 10.4. The number of benzene rings is 1. The molecule has 26 heavy (non-hydrogen) atoms. The average Bonchev–Trinajstić information content (AvgIpc) is 2.68. The Kier molecular flexibility index (Phi) is 5.48. The number of hydrogen-bond donors (Lipinski definition) is 1. The van der Waals surface area contributed by atoms with Crippen molar-refractivity contribution < 1.29 is 14.3 Å². The highest BCUT2D eigenvalue weighted by Gasteiger charge is 2.18. The van der Waals surface area contributed by atoms with Crippen molar-refractivity contribution in [1.82, 2.24) is 9.88 Å². The van der Waals surface area contributed by atoms with Gasteiger partial charge in [-0.15, -0.1) is 0 Å². The van der Waals surface area contributed by atoms with Crippen LogP contribution in [0.3, 0.4) is 0 Å². The van der Waals surface area contributed by atoms with Gasteiger partial charge in [-0.1, -0.05) is 0 Å². The van der Waals surface area contributed by atoms with E-state index in [1.807, 2.05) is 19.0 Å². The summed E-state index contributed by atoms with van der Waals surface area (Å²) >= 11 is 0. The van der Waals surface area contributed by atoms with Gasteiger partial charge in [0.05, 0.1) is 18.8 Å². The van der Waals surface area contributed by atoms with E-state index in [1.54, 1.807) is 47.5 Å². The van der Waals surface area contributed by atoms with Crippen LogP contribution in [0.15, 0.2) is 42.6 Å². The summed E-state index contributed by atoms with van der Waals surface area (Å²) in [5.74, 6) is 0.525. The monoisotopic (exact) mass is 354 g/mol. The molecule has 1 aliphatic heterocycles. The van der Waals surface area contributed by atoms with Crippen LogP contribution in [0.5, 0.6) is 0 Å². The summed E-state index contributed by atoms with van der Waals surface area (Å²) in [6.45, 7) is 2.35. The minimum Gasteiger partial charge on any atom is -0.378 e. The molecule has 0 bridgehead atoms. The molecule has 2 heterocycles. The number of pyridine rings is 1. The summed E-state index contributed by atoms with van der Waals surface area (Å²) in [5.41, 5.74) is 1.70. The second kappa shape index (κ2) is 7.97. The Morgan fingerprint density at radius 3 is 2.27 bits per heavy atom. The third-order valence-electron chi connectivity index (χ3n) is 4.16. The van der Waals surface area contributed by atoms with Gasteiger partial charge in [-0.05, 0) is 36.4 Å². The zero-order valence-corrected chi connectivity index (χ0v) is 14.9. The maximum atomic E-state index is 12.4. The van der Waals surface area contributed by atoms with E-state index in [9.17, 15) is 9.59 Å². The first-order valence-corrected chi connectivity index (χ1v) is 8.46. The number of morpholine rings is 1. The van der Waals surface area contributed by atoms with Gasteiger partial charge < -0.3 is 19.9 Å². The van der Waals surface area contributed by atoms with Crippen LogP contribution >= 0.6 is 0 Å². The largest absolute Gasteiger partial charge is 0.378 e. The van der Waals surface area contributed by atoms with Crippen molar-refractivity contribution in [2.75, 3.05) is 50.6 Å². The standard InChI is InChI=1S/C19H22N4O3/c1-22(2)17-8-5-15(13-20-17)18(24)21-16-6-3-14(4-7-16)19(25)23-9-11-26-12-10-23/h3-8,13H,9-12H2,1-2H3,(H,21,24). The molecule has 1 fully saturated rings. The highest BCUT2D eigenvalue weighted by Crippen LogP contribution is 2.15. The van der Waals surface area contributed by atoms with Gasteiger partial charge in [0.2, 0.25) is 0 Å². The molecular formula is C19H22N4O3. The fourth-order valence-electron chi connectivity index (χ4n) is 2.63. The summed E-state index contributed by atoms with van der Waals surface area (Å²) in [6.07, 6.45) is 1.54. The molecule has 0 radical (unpaired) electrons. The fraction of sp³-hybridized carbons (Fsp3) is 0.316. The molecule has 7 heteroatoms. The van der Waals surface area contributed by atoms with Gasteiger partial charge in [-0.3, -0.25) is 9.59 Å². The van der Waals surface area contributed by atoms with Gasteiger partial charge in [0.15, 0.2) is 0 Å². The van der Waals surface area contributed by atoms with Gasteiger partial charge in [-0.2, -0.15) is 0 Å². The zero-order chi connectivity index (χ0) is 18.5. The Labute approximate surface area is 152 Å². The second-order valence-corrected chi connectivity index (χ2v) is 6.24. The molecular weight excluding hydrogens is 332 g/mol. The third-order valence-corrected chi connectivity index (χ3v) is 4.16. The molecule has 0 unspecified atom stereocenters. The van der Waals surface area contributed by atoms with Gasteiger partial charge in [0.25, 0.3) is 11.8 Å². The van der Waals surface area contributed by atoms with E-state index in [-0.39, 0.29) is 11.8 Å². The minimum absolute atomic E-state index is 0.0188. The van der Waals surface area contributed by atoms with Crippen molar-refractivity contribution in [3.05, 3.63) is 53.7 Å². The predicted octanol–water partition coefficient (Wildman–Crippen LogP) is 1.87. The molecule has 7 nitrogen and oxygen atoms in total. The summed E-state index contributed by atoms with van der Waals surface area (Å²) in [7, 11) is 3.78. The predicted molar refractivity (Wildman–Crippen MR) is 99.7 cm³/mol. The highest BCUT2D eigenvalue weighted by atomic mass is 16.5. The first kappa shape index (κ1) is 17.9. The lowest BCUT2D eigenvalue weighted by Gasteiger charge is -2.26. The van der Waals surface area contributed by atoms with Crippen LogP contribution in [0.1, 0.15) is 20.7 Å². The Hall–Kier alpha value is -2.93. The van der Waals surface area contributed by atoms with Crippen LogP contribution in [0.4, 0.5) is 11.5 Å². The zero-order valence-electron chi connectivity index (χ0n) is 14.9. The summed E-state index contributed by atoms with van der Waals surface area (Å²) in [4.78, 5) is 32.6. The summed E-state index contributed by atoms with van der Waals surface area (Å²) in [5, 5.41) is 2.82. The number of amides is 2. The van der Waals surface area contributed by atoms with E-state index in [0.717, 1.165) is 5.82 Å². The normalized spacial score (nSPS) is 14.0. The maximum absolute atomic E-state index is 12.4. The SMILES string of the molecule is CN(C)c1ccc(C(=O)Nc2ccc(C(=O)N3CCOCC3)cc2)cn1. The van der Waals surface area contributed by atoms with E-state index in [2.05, 4.69) is 10.3 Å². The van der Waals surface area contributed by atoms with E-state index >= 15 is 0 Å². The van der Waals surface area contributed by atoms with Crippen LogP contribution in [0.25, 0.3) is 0 Å². The quantitative estimate of drug-likeness (QED) is 0.907. The lowest BCUT2D eigenvalue weighted by Crippen LogP contribution is -2.40. The summed E-state index contributed by atoms with van der Waals surface area (Å²) < 4.78 is 5.26. The molecule has 2 amide bonds. The molecule has 0 spiro atoms. The van der Waals surface area contributed by atoms with E-state index in [0.29, 0.717) is 43.1 Å². The number of rotatable bonds is 4. The van der Waals surface area contributed by atoms with E-state index in [4.69, 9.17) is 4.74 Å². The molecule has 0 atom stereocenters. The molecule has 1 N–H and O–H groups in total. The first-order valence-electron chi connectivity index (χ1n) is 8.46. The molecule has 2 aromatic rings. The fourth-order valence-corrected chi connectivity index (χ4v) is 2.63. The van der Waals surface area contributed by atoms with Crippen molar-refractivity contribution in [2.24, 2.45) is 0 Å². The molecule has 3 rings (SSSR count). The number of aromatic nitrogens is 1. The van der Waals surface area contributed by atoms with Gasteiger partial charge in [0.1, 0.15) is 5.82 Å². The Balaban J connectivity index is 1.63. The number of carbonyl (C=O) groups is 2. The number of anilines is 2. The van der Waals surface area contributed by atoms with Gasteiger partial charge in [0, 0.05) is 44.6 Å². The number of ether oxygens (including phenoxy) is 1. The van der Waals surface area contributed by atoms with Crippen molar-refractivity contribution in [1.29, 1.82) is 0 Å². The molecule has 136 valence electrons. The Morgan fingerprint density at radius 2 is 1.69 bits per heavy atom. The topological polar surface area (TPSA) is 74.8 Å². The van der Waals surface area contributed by atoms with Crippen LogP contribution in [-0.2, 0) is 4.74 Å². The highest BCUT2D eigenvalue weighted by molar-refractivity contribution is 6.04. The third kappa shape index (κ3) is 4.18.